The monoisotopic (exact) mass is 667 g/mol. The molecule has 5 heteroatoms. The second kappa shape index (κ2) is 10.7. The Kier molecular flexibility index (Phi) is 5.95. The third-order valence-corrected chi connectivity index (χ3v) is 15.4. The summed E-state index contributed by atoms with van der Waals surface area (Å²) in [6.07, 6.45) is 0. The van der Waals surface area contributed by atoms with Crippen molar-refractivity contribution in [3.63, 3.8) is 0 Å². The molecule has 0 saturated carbocycles. The van der Waals surface area contributed by atoms with Crippen LogP contribution in [0, 0.1) is 0 Å². The van der Waals surface area contributed by atoms with E-state index in [0.717, 1.165) is 71.8 Å². The van der Waals surface area contributed by atoms with Crippen LogP contribution in [-0.2, 0) is 0 Å². The lowest BCUT2D eigenvalue weighted by Gasteiger charge is -2.30. The third kappa shape index (κ3) is 3.89. The molecular weight excluding hydrogens is 639 g/mol. The van der Waals surface area contributed by atoms with E-state index < -0.39 is 8.07 Å². The minimum Gasteiger partial charge on any atom is -0.456 e. The highest BCUT2D eigenvalue weighted by Crippen LogP contribution is 2.41. The lowest BCUT2D eigenvalue weighted by Crippen LogP contribution is -2.73. The predicted octanol–water partition coefficient (Wildman–Crippen LogP) is 8.50. The van der Waals surface area contributed by atoms with Crippen LogP contribution in [0.4, 0.5) is 0 Å². The number of para-hydroxylation sites is 2. The van der Waals surface area contributed by atoms with Crippen LogP contribution in [-0.4, -0.2) is 22.6 Å². The fraction of sp³-hybridized carbons (Fsp3) is 0. The van der Waals surface area contributed by atoms with Gasteiger partial charge in [-0.25, -0.2) is 9.97 Å². The van der Waals surface area contributed by atoms with E-state index in [9.17, 15) is 0 Å². The normalized spacial score (nSPS) is 13.3. The number of benzene rings is 7. The molecular formula is C46H29N3OSi. The maximum absolute atomic E-state index is 6.42. The average Bonchev–Trinajstić information content (AvgIpc) is 3.83. The maximum atomic E-state index is 6.42. The number of aromatic nitrogens is 3. The van der Waals surface area contributed by atoms with Gasteiger partial charge in [0.25, 0.3) is 0 Å². The molecule has 1 aliphatic rings. The van der Waals surface area contributed by atoms with Gasteiger partial charge in [0.15, 0.2) is 5.82 Å². The first-order valence-corrected chi connectivity index (χ1v) is 19.3. The smallest absolute Gasteiger partial charge is 0.203 e. The molecule has 3 aromatic heterocycles. The second-order valence-electron chi connectivity index (χ2n) is 13.3. The fourth-order valence-electron chi connectivity index (χ4n) is 8.54. The fourth-order valence-corrected chi connectivity index (χ4v) is 13.5. The van der Waals surface area contributed by atoms with Gasteiger partial charge in [0.05, 0.1) is 16.4 Å². The van der Waals surface area contributed by atoms with Crippen LogP contribution in [0.2, 0.25) is 0 Å². The molecule has 4 heterocycles. The molecule has 0 N–H and O–H groups in total. The van der Waals surface area contributed by atoms with Crippen molar-refractivity contribution in [2.75, 3.05) is 0 Å². The first-order chi connectivity index (χ1) is 25.3. The van der Waals surface area contributed by atoms with Crippen molar-refractivity contribution in [2.24, 2.45) is 0 Å². The van der Waals surface area contributed by atoms with Gasteiger partial charge in [-0.3, -0.25) is 4.57 Å². The summed E-state index contributed by atoms with van der Waals surface area (Å²) in [5.41, 5.74) is 7.25. The lowest BCUT2D eigenvalue weighted by atomic mass is 10.1. The molecule has 11 rings (SSSR count). The Morgan fingerprint density at radius 2 is 1.10 bits per heavy atom. The number of hydrogen-bond acceptors (Lipinski definition) is 3. The van der Waals surface area contributed by atoms with Gasteiger partial charge in [-0.1, -0.05) is 152 Å². The Morgan fingerprint density at radius 1 is 0.471 bits per heavy atom. The van der Waals surface area contributed by atoms with Crippen LogP contribution >= 0.6 is 0 Å². The Balaban J connectivity index is 1.35. The van der Waals surface area contributed by atoms with Crippen LogP contribution in [0.15, 0.2) is 180 Å². The average molecular weight is 668 g/mol. The van der Waals surface area contributed by atoms with E-state index >= 15 is 0 Å². The molecule has 4 nitrogen and oxygen atoms in total. The Labute approximate surface area is 294 Å². The van der Waals surface area contributed by atoms with Crippen LogP contribution in [0.1, 0.15) is 0 Å². The maximum Gasteiger partial charge on any atom is 0.203 e. The molecule has 238 valence electrons. The van der Waals surface area contributed by atoms with Gasteiger partial charge >= 0.3 is 0 Å². The number of fused-ring (bicyclic) bond motifs is 9. The summed E-state index contributed by atoms with van der Waals surface area (Å²) in [7, 11) is -2.92. The summed E-state index contributed by atoms with van der Waals surface area (Å²) in [6, 6.07) is 63.0. The van der Waals surface area contributed by atoms with Crippen LogP contribution < -0.4 is 20.9 Å². The topological polar surface area (TPSA) is 43.9 Å². The van der Waals surface area contributed by atoms with Crippen molar-refractivity contribution in [3.8, 4) is 28.3 Å². The molecule has 0 unspecified atom stereocenters. The molecule has 0 saturated heterocycles. The molecule has 10 aromatic rings. The van der Waals surface area contributed by atoms with Gasteiger partial charge in [-0.2, -0.15) is 0 Å². The van der Waals surface area contributed by atoms with E-state index in [2.05, 4.69) is 162 Å². The largest absolute Gasteiger partial charge is 0.456 e. The number of furan rings is 1. The number of hydrogen-bond donors (Lipinski definition) is 0. The van der Waals surface area contributed by atoms with Crippen molar-refractivity contribution in [3.05, 3.63) is 176 Å². The Morgan fingerprint density at radius 3 is 1.86 bits per heavy atom. The van der Waals surface area contributed by atoms with Crippen molar-refractivity contribution in [2.45, 2.75) is 0 Å². The van der Waals surface area contributed by atoms with Crippen molar-refractivity contribution in [1.82, 2.24) is 14.5 Å². The summed E-state index contributed by atoms with van der Waals surface area (Å²) in [4.78, 5) is 11.3. The molecule has 0 amide bonds. The van der Waals surface area contributed by atoms with Gasteiger partial charge in [-0.05, 0) is 45.4 Å². The van der Waals surface area contributed by atoms with E-state index in [-0.39, 0.29) is 0 Å². The third-order valence-electron chi connectivity index (χ3n) is 10.7. The zero-order valence-electron chi connectivity index (χ0n) is 27.5. The van der Waals surface area contributed by atoms with Crippen LogP contribution in [0.25, 0.3) is 72.1 Å². The van der Waals surface area contributed by atoms with E-state index in [1.54, 1.807) is 0 Å². The number of nitrogens with zero attached hydrogens (tertiary/aromatic N) is 3. The summed E-state index contributed by atoms with van der Waals surface area (Å²) >= 11 is 0. The van der Waals surface area contributed by atoms with Gasteiger partial charge in [-0.15, -0.1) is 0 Å². The SMILES string of the molecule is c1ccc(-c2nc(-n3c4ccccc4c4cc5oc6ccccc6c5cc43)c3c(n2)[Si](c2ccccc2)(c2ccccc2)c2ccccc2-3)cc1. The highest BCUT2D eigenvalue weighted by Gasteiger charge is 2.51. The summed E-state index contributed by atoms with van der Waals surface area (Å²) in [6.45, 7) is 0. The van der Waals surface area contributed by atoms with Gasteiger partial charge in [0.2, 0.25) is 8.07 Å². The highest BCUT2D eigenvalue weighted by molar-refractivity contribution is 7.21. The van der Waals surface area contributed by atoms with E-state index in [4.69, 9.17) is 14.4 Å². The minimum atomic E-state index is -2.92. The second-order valence-corrected chi connectivity index (χ2v) is 17.0. The Hall–Kier alpha value is -6.56. The van der Waals surface area contributed by atoms with Crippen LogP contribution in [0.5, 0.6) is 0 Å². The van der Waals surface area contributed by atoms with Crippen molar-refractivity contribution in [1.29, 1.82) is 0 Å². The standard InChI is InChI=1S/C46H29N3OSi/c1-4-16-30(17-5-1)44-47-45(49-38-25-13-10-22-33(38)36-29-41-37(28-39(36)49)34-23-11-14-26-40(34)50-41)43-35-24-12-15-27-42(35)51(46(43)48-44,31-18-6-2-7-19-31)32-20-8-3-9-21-32/h1-29H. The van der Waals surface area contributed by atoms with E-state index in [1.165, 1.54) is 21.1 Å². The highest BCUT2D eigenvalue weighted by atomic mass is 28.3. The van der Waals surface area contributed by atoms with Gasteiger partial charge in [0, 0.05) is 32.7 Å². The molecule has 0 radical (unpaired) electrons. The van der Waals surface area contributed by atoms with Crippen molar-refractivity contribution < 1.29 is 4.42 Å². The molecule has 51 heavy (non-hydrogen) atoms. The predicted molar refractivity (Wildman–Crippen MR) is 212 cm³/mol. The van der Waals surface area contributed by atoms with E-state index in [1.807, 2.05) is 18.2 Å². The van der Waals surface area contributed by atoms with Gasteiger partial charge < -0.3 is 4.42 Å². The molecule has 0 fully saturated rings. The van der Waals surface area contributed by atoms with Crippen LogP contribution in [0.3, 0.4) is 0 Å². The lowest BCUT2D eigenvalue weighted by molar-refractivity contribution is 0.669. The molecule has 1 aliphatic heterocycles. The first kappa shape index (κ1) is 28.3. The molecule has 0 aliphatic carbocycles. The summed E-state index contributed by atoms with van der Waals surface area (Å²) in [5, 5.41) is 9.55. The molecule has 7 aromatic carbocycles. The van der Waals surface area contributed by atoms with Gasteiger partial charge in [0.1, 0.15) is 17.0 Å². The number of rotatable bonds is 4. The minimum absolute atomic E-state index is 0.724. The first-order valence-electron chi connectivity index (χ1n) is 17.3. The molecule has 0 bridgehead atoms. The van der Waals surface area contributed by atoms with E-state index in [0.29, 0.717) is 0 Å². The van der Waals surface area contributed by atoms with Crippen molar-refractivity contribution >= 4 is 72.7 Å². The zero-order valence-corrected chi connectivity index (χ0v) is 28.5. The zero-order chi connectivity index (χ0) is 33.5. The molecule has 0 spiro atoms. The molecule has 0 atom stereocenters. The quantitative estimate of drug-likeness (QED) is 0.177. The summed E-state index contributed by atoms with van der Waals surface area (Å²) in [5.74, 6) is 1.62. The Bertz CT molecular complexity index is 2930. The summed E-state index contributed by atoms with van der Waals surface area (Å²) < 4.78 is 8.80.